The number of amides is 2. The number of nitrogens with zero attached hydrogens (tertiary/aromatic N) is 1. The predicted octanol–water partition coefficient (Wildman–Crippen LogP) is 3.41. The second-order valence-electron chi connectivity index (χ2n) is 9.02. The molecule has 0 aromatic carbocycles. The van der Waals surface area contributed by atoms with Gasteiger partial charge in [-0.2, -0.15) is 5.26 Å². The number of ether oxygens (including phenoxy) is 1. The van der Waals surface area contributed by atoms with Crippen LogP contribution in [0.4, 0.5) is 4.79 Å². The average molecular weight is 349 g/mol. The molecule has 2 aliphatic carbocycles. The van der Waals surface area contributed by atoms with Crippen molar-refractivity contribution in [2.24, 2.45) is 5.41 Å². The van der Waals surface area contributed by atoms with Crippen LogP contribution in [0.3, 0.4) is 0 Å². The Morgan fingerprint density at radius 1 is 1.04 bits per heavy atom. The molecule has 2 fully saturated rings. The van der Waals surface area contributed by atoms with Crippen molar-refractivity contribution in [3.8, 4) is 6.07 Å². The summed E-state index contributed by atoms with van der Waals surface area (Å²) in [6, 6.07) is 2.19. The molecule has 0 radical (unpaired) electrons. The molecule has 0 saturated heterocycles. The standard InChI is InChI=1S/C19H31N3O3/c1-16(2,3)25-15(24)22-18(5,17(4)9-7-6-8-10-17)14(23)21-19(13-20)11-12-19/h6-12H2,1-5H3,(H,21,23)(H,22,24). The summed E-state index contributed by atoms with van der Waals surface area (Å²) in [6.07, 6.45) is 5.62. The lowest BCUT2D eigenvalue weighted by Gasteiger charge is -2.48. The number of rotatable bonds is 4. The highest BCUT2D eigenvalue weighted by Crippen LogP contribution is 2.46. The minimum Gasteiger partial charge on any atom is -0.444 e. The molecule has 2 rings (SSSR count). The Kier molecular flexibility index (Phi) is 5.09. The SMILES string of the molecule is CC(C)(C)OC(=O)NC(C)(C(=O)NC1(C#N)CC1)C1(C)CCCCC1. The van der Waals surface area contributed by atoms with Crippen molar-refractivity contribution in [1.82, 2.24) is 10.6 Å². The maximum absolute atomic E-state index is 13.2. The first kappa shape index (κ1) is 19.6. The second-order valence-corrected chi connectivity index (χ2v) is 9.02. The quantitative estimate of drug-likeness (QED) is 0.813. The van der Waals surface area contributed by atoms with E-state index in [0.717, 1.165) is 32.1 Å². The number of nitrogens with one attached hydrogen (secondary N) is 2. The summed E-state index contributed by atoms with van der Waals surface area (Å²) in [5.74, 6) is -0.290. The summed E-state index contributed by atoms with van der Waals surface area (Å²) in [7, 11) is 0. The van der Waals surface area contributed by atoms with Crippen LogP contribution in [0, 0.1) is 16.7 Å². The molecule has 2 amide bonds. The molecule has 25 heavy (non-hydrogen) atoms. The third kappa shape index (κ3) is 4.26. The van der Waals surface area contributed by atoms with Crippen molar-refractivity contribution < 1.29 is 14.3 Å². The molecule has 0 aromatic heterocycles. The molecule has 1 atom stereocenters. The number of carbonyl (C=O) groups is 2. The van der Waals surface area contributed by atoms with E-state index in [0.29, 0.717) is 12.8 Å². The predicted molar refractivity (Wildman–Crippen MR) is 94.7 cm³/mol. The summed E-state index contributed by atoms with van der Waals surface area (Å²) in [5, 5.41) is 15.0. The minimum absolute atomic E-state index is 0.290. The molecule has 6 heteroatoms. The molecular formula is C19H31N3O3. The van der Waals surface area contributed by atoms with Gasteiger partial charge < -0.3 is 15.4 Å². The molecule has 0 aliphatic heterocycles. The van der Waals surface area contributed by atoms with Crippen molar-refractivity contribution in [3.63, 3.8) is 0 Å². The zero-order valence-corrected chi connectivity index (χ0v) is 16.1. The Bertz CT molecular complexity index is 578. The Morgan fingerprint density at radius 2 is 1.60 bits per heavy atom. The molecule has 0 bridgehead atoms. The van der Waals surface area contributed by atoms with E-state index in [1.54, 1.807) is 27.7 Å². The van der Waals surface area contributed by atoms with Crippen molar-refractivity contribution in [3.05, 3.63) is 0 Å². The van der Waals surface area contributed by atoms with Gasteiger partial charge in [0.2, 0.25) is 5.91 Å². The van der Waals surface area contributed by atoms with Gasteiger partial charge in [0.25, 0.3) is 0 Å². The van der Waals surface area contributed by atoms with Gasteiger partial charge in [-0.05, 0) is 58.8 Å². The second kappa shape index (κ2) is 6.51. The van der Waals surface area contributed by atoms with Crippen molar-refractivity contribution >= 4 is 12.0 Å². The van der Waals surface area contributed by atoms with Gasteiger partial charge in [-0.15, -0.1) is 0 Å². The molecule has 6 nitrogen and oxygen atoms in total. The lowest BCUT2D eigenvalue weighted by molar-refractivity contribution is -0.134. The lowest BCUT2D eigenvalue weighted by atomic mass is 9.63. The first-order valence-corrected chi connectivity index (χ1v) is 9.20. The van der Waals surface area contributed by atoms with Crippen LogP contribution < -0.4 is 10.6 Å². The Balaban J connectivity index is 2.25. The Hall–Kier alpha value is -1.77. The van der Waals surface area contributed by atoms with E-state index in [1.807, 2.05) is 0 Å². The van der Waals surface area contributed by atoms with Crippen LogP contribution in [-0.4, -0.2) is 28.7 Å². The number of hydrogen-bond acceptors (Lipinski definition) is 4. The normalized spacial score (nSPS) is 23.5. The fourth-order valence-corrected chi connectivity index (χ4v) is 3.55. The third-order valence-electron chi connectivity index (χ3n) is 5.69. The van der Waals surface area contributed by atoms with Crippen molar-refractivity contribution in [2.75, 3.05) is 0 Å². The van der Waals surface area contributed by atoms with Gasteiger partial charge in [-0.1, -0.05) is 26.2 Å². The van der Waals surface area contributed by atoms with Crippen molar-refractivity contribution in [2.45, 2.75) is 96.2 Å². The number of alkyl carbamates (subject to hydrolysis) is 1. The van der Waals surface area contributed by atoms with E-state index in [2.05, 4.69) is 23.6 Å². The summed E-state index contributed by atoms with van der Waals surface area (Å²) < 4.78 is 5.40. The van der Waals surface area contributed by atoms with Gasteiger partial charge in [0.15, 0.2) is 0 Å². The average Bonchev–Trinajstić information content (AvgIpc) is 3.25. The van der Waals surface area contributed by atoms with Gasteiger partial charge in [0, 0.05) is 0 Å². The van der Waals surface area contributed by atoms with E-state index < -0.39 is 22.8 Å². The zero-order chi connectivity index (χ0) is 18.9. The Morgan fingerprint density at radius 3 is 2.04 bits per heavy atom. The molecule has 140 valence electrons. The van der Waals surface area contributed by atoms with E-state index in [1.165, 1.54) is 0 Å². The molecule has 2 aliphatic rings. The number of nitriles is 1. The number of carbonyl (C=O) groups excluding carboxylic acids is 2. The summed E-state index contributed by atoms with van der Waals surface area (Å²) in [4.78, 5) is 25.6. The van der Waals surface area contributed by atoms with Crippen LogP contribution in [0.5, 0.6) is 0 Å². The van der Waals surface area contributed by atoms with Crippen LogP contribution in [0.15, 0.2) is 0 Å². The van der Waals surface area contributed by atoms with Crippen LogP contribution in [0.1, 0.15) is 79.6 Å². The first-order chi connectivity index (χ1) is 11.5. The maximum Gasteiger partial charge on any atom is 0.408 e. The van der Waals surface area contributed by atoms with Gasteiger partial charge >= 0.3 is 6.09 Å². The molecule has 2 saturated carbocycles. The highest BCUT2D eigenvalue weighted by atomic mass is 16.6. The number of hydrogen-bond donors (Lipinski definition) is 2. The fraction of sp³-hybridized carbons (Fsp3) is 0.842. The monoisotopic (exact) mass is 349 g/mol. The van der Waals surface area contributed by atoms with Crippen LogP contribution in [-0.2, 0) is 9.53 Å². The van der Waals surface area contributed by atoms with Crippen LogP contribution in [0.25, 0.3) is 0 Å². The maximum atomic E-state index is 13.2. The van der Waals surface area contributed by atoms with Gasteiger partial charge in [0.1, 0.15) is 16.7 Å². The molecule has 0 spiro atoms. The lowest BCUT2D eigenvalue weighted by Crippen LogP contribution is -2.67. The van der Waals surface area contributed by atoms with E-state index in [-0.39, 0.29) is 11.3 Å². The first-order valence-electron chi connectivity index (χ1n) is 9.20. The van der Waals surface area contributed by atoms with Gasteiger partial charge in [0.05, 0.1) is 6.07 Å². The van der Waals surface area contributed by atoms with Crippen LogP contribution >= 0.6 is 0 Å². The van der Waals surface area contributed by atoms with Gasteiger partial charge in [-0.25, -0.2) is 4.79 Å². The third-order valence-corrected chi connectivity index (χ3v) is 5.69. The largest absolute Gasteiger partial charge is 0.444 e. The van der Waals surface area contributed by atoms with Crippen molar-refractivity contribution in [1.29, 1.82) is 5.26 Å². The van der Waals surface area contributed by atoms with Crippen LogP contribution in [0.2, 0.25) is 0 Å². The smallest absolute Gasteiger partial charge is 0.408 e. The minimum atomic E-state index is -1.12. The molecule has 0 heterocycles. The molecular weight excluding hydrogens is 318 g/mol. The summed E-state index contributed by atoms with van der Waals surface area (Å²) in [5.41, 5.74) is -2.90. The molecule has 2 N–H and O–H groups in total. The highest BCUT2D eigenvalue weighted by Gasteiger charge is 2.55. The van der Waals surface area contributed by atoms with E-state index in [4.69, 9.17) is 4.74 Å². The zero-order valence-electron chi connectivity index (χ0n) is 16.1. The highest BCUT2D eigenvalue weighted by molar-refractivity contribution is 5.91. The summed E-state index contributed by atoms with van der Waals surface area (Å²) >= 11 is 0. The van der Waals surface area contributed by atoms with Gasteiger partial charge in [-0.3, -0.25) is 4.79 Å². The molecule has 1 unspecified atom stereocenters. The topological polar surface area (TPSA) is 91.2 Å². The van der Waals surface area contributed by atoms with E-state index >= 15 is 0 Å². The fourth-order valence-electron chi connectivity index (χ4n) is 3.55. The van der Waals surface area contributed by atoms with E-state index in [9.17, 15) is 14.9 Å². The Labute approximate surface area is 150 Å². The molecule has 0 aromatic rings. The summed E-state index contributed by atoms with van der Waals surface area (Å²) in [6.45, 7) is 9.20.